The minimum atomic E-state index is -4.35. The van der Waals surface area contributed by atoms with Crippen molar-refractivity contribution in [2.24, 2.45) is 11.1 Å². The van der Waals surface area contributed by atoms with E-state index in [1.54, 1.807) is 0 Å². The summed E-state index contributed by atoms with van der Waals surface area (Å²) < 4.78 is 37.3. The predicted molar refractivity (Wildman–Crippen MR) is 75.4 cm³/mol. The molecule has 118 valence electrons. The average Bonchev–Trinajstić information content (AvgIpc) is 2.47. The normalized spacial score (nSPS) is 12.3. The molecule has 0 saturated carbocycles. The van der Waals surface area contributed by atoms with Crippen LogP contribution in [-0.2, 0) is 17.5 Å². The molecule has 6 heteroatoms. The molecule has 0 radical (unpaired) electrons. The minimum absolute atomic E-state index is 0.158. The van der Waals surface area contributed by atoms with Crippen LogP contribution in [0.1, 0.15) is 37.8 Å². The van der Waals surface area contributed by atoms with E-state index < -0.39 is 17.2 Å². The van der Waals surface area contributed by atoms with Gasteiger partial charge in [-0.2, -0.15) is 13.2 Å². The SMILES string of the molecule is CCC(CC)(CN)C(=O)NCc1ccc(C(F)(F)F)cc1. The highest BCUT2D eigenvalue weighted by Crippen LogP contribution is 2.29. The molecule has 1 amide bonds. The Bertz CT molecular complexity index is 457. The maximum Gasteiger partial charge on any atom is 0.416 e. The number of benzene rings is 1. The van der Waals surface area contributed by atoms with Gasteiger partial charge in [0.05, 0.1) is 11.0 Å². The number of rotatable bonds is 6. The molecule has 3 N–H and O–H groups in total. The predicted octanol–water partition coefficient (Wildman–Crippen LogP) is 3.09. The van der Waals surface area contributed by atoms with E-state index >= 15 is 0 Å². The van der Waals surface area contributed by atoms with Gasteiger partial charge in [0.1, 0.15) is 0 Å². The summed E-state index contributed by atoms with van der Waals surface area (Å²) in [7, 11) is 0. The fourth-order valence-corrected chi connectivity index (χ4v) is 2.13. The van der Waals surface area contributed by atoms with Crippen LogP contribution < -0.4 is 11.1 Å². The summed E-state index contributed by atoms with van der Waals surface area (Å²) in [5, 5.41) is 2.75. The van der Waals surface area contributed by atoms with Crippen molar-refractivity contribution in [2.75, 3.05) is 6.54 Å². The molecule has 0 spiro atoms. The number of hydrogen-bond donors (Lipinski definition) is 2. The number of nitrogens with one attached hydrogen (secondary N) is 1. The van der Waals surface area contributed by atoms with E-state index in [1.165, 1.54) is 12.1 Å². The van der Waals surface area contributed by atoms with Gasteiger partial charge in [-0.1, -0.05) is 26.0 Å². The molecule has 0 saturated heterocycles. The second-order valence-electron chi connectivity index (χ2n) is 5.07. The lowest BCUT2D eigenvalue weighted by molar-refractivity contribution is -0.137. The van der Waals surface area contributed by atoms with Crippen molar-refractivity contribution in [2.45, 2.75) is 39.4 Å². The zero-order valence-corrected chi connectivity index (χ0v) is 12.3. The lowest BCUT2D eigenvalue weighted by Crippen LogP contribution is -2.45. The second kappa shape index (κ2) is 6.93. The molecule has 0 atom stereocenters. The van der Waals surface area contributed by atoms with Gasteiger partial charge < -0.3 is 11.1 Å². The highest BCUT2D eigenvalue weighted by molar-refractivity contribution is 5.82. The molecule has 0 heterocycles. The molecule has 1 aromatic rings. The molecule has 1 rings (SSSR count). The number of carbonyl (C=O) groups excluding carboxylic acids is 1. The monoisotopic (exact) mass is 302 g/mol. The summed E-state index contributed by atoms with van der Waals surface area (Å²) in [4.78, 5) is 12.2. The zero-order chi connectivity index (χ0) is 16.1. The van der Waals surface area contributed by atoms with Crippen molar-refractivity contribution >= 4 is 5.91 Å². The maximum absolute atomic E-state index is 12.4. The smallest absolute Gasteiger partial charge is 0.352 e. The third kappa shape index (κ3) is 4.20. The van der Waals surface area contributed by atoms with Gasteiger partial charge in [0.25, 0.3) is 0 Å². The van der Waals surface area contributed by atoms with Crippen molar-refractivity contribution < 1.29 is 18.0 Å². The van der Waals surface area contributed by atoms with E-state index in [0.29, 0.717) is 18.4 Å². The van der Waals surface area contributed by atoms with Gasteiger partial charge in [-0.15, -0.1) is 0 Å². The summed E-state index contributed by atoms with van der Waals surface area (Å²) in [5.41, 5.74) is 5.00. The Morgan fingerprint density at radius 3 is 2.05 bits per heavy atom. The van der Waals surface area contributed by atoms with Gasteiger partial charge in [-0.25, -0.2) is 0 Å². The van der Waals surface area contributed by atoms with Gasteiger partial charge >= 0.3 is 6.18 Å². The van der Waals surface area contributed by atoms with Gasteiger partial charge in [0.2, 0.25) is 5.91 Å². The first-order valence-electron chi connectivity index (χ1n) is 6.93. The Morgan fingerprint density at radius 2 is 1.67 bits per heavy atom. The van der Waals surface area contributed by atoms with Gasteiger partial charge in [-0.3, -0.25) is 4.79 Å². The first-order chi connectivity index (χ1) is 9.79. The Hall–Kier alpha value is -1.56. The van der Waals surface area contributed by atoms with Gasteiger partial charge in [0.15, 0.2) is 0 Å². The van der Waals surface area contributed by atoms with Crippen LogP contribution in [0.5, 0.6) is 0 Å². The number of alkyl halides is 3. The van der Waals surface area contributed by atoms with Crippen molar-refractivity contribution in [1.29, 1.82) is 0 Å². The molecule has 0 fully saturated rings. The van der Waals surface area contributed by atoms with E-state index in [9.17, 15) is 18.0 Å². The van der Waals surface area contributed by atoms with Crippen molar-refractivity contribution in [3.8, 4) is 0 Å². The van der Waals surface area contributed by atoms with Crippen LogP contribution in [0.2, 0.25) is 0 Å². The van der Waals surface area contributed by atoms with Crippen molar-refractivity contribution in [3.63, 3.8) is 0 Å². The van der Waals surface area contributed by atoms with Gasteiger partial charge in [-0.05, 0) is 30.5 Å². The number of halogens is 3. The van der Waals surface area contributed by atoms with Crippen LogP contribution in [0.3, 0.4) is 0 Å². The fraction of sp³-hybridized carbons (Fsp3) is 0.533. The Labute approximate surface area is 122 Å². The number of nitrogens with two attached hydrogens (primary N) is 1. The van der Waals surface area contributed by atoms with Crippen LogP contribution in [-0.4, -0.2) is 12.5 Å². The first kappa shape index (κ1) is 17.5. The van der Waals surface area contributed by atoms with E-state index in [-0.39, 0.29) is 19.0 Å². The summed E-state index contributed by atoms with van der Waals surface area (Å²) in [6, 6.07) is 4.75. The van der Waals surface area contributed by atoms with E-state index in [1.807, 2.05) is 13.8 Å². The first-order valence-corrected chi connectivity index (χ1v) is 6.93. The topological polar surface area (TPSA) is 55.1 Å². The molecule has 1 aromatic carbocycles. The Morgan fingerprint density at radius 1 is 1.14 bits per heavy atom. The van der Waals surface area contributed by atoms with Crippen molar-refractivity contribution in [1.82, 2.24) is 5.32 Å². The molecule has 0 aliphatic rings. The Kier molecular flexibility index (Phi) is 5.78. The number of hydrogen-bond acceptors (Lipinski definition) is 2. The largest absolute Gasteiger partial charge is 0.416 e. The standard InChI is InChI=1S/C15H21F3N2O/c1-3-14(4-2,10-19)13(21)20-9-11-5-7-12(8-6-11)15(16,17)18/h5-8H,3-4,9-10,19H2,1-2H3,(H,20,21). The van der Waals surface area contributed by atoms with E-state index in [2.05, 4.69) is 5.32 Å². The minimum Gasteiger partial charge on any atom is -0.352 e. The third-order valence-corrected chi connectivity index (χ3v) is 3.96. The van der Waals surface area contributed by atoms with Crippen LogP contribution >= 0.6 is 0 Å². The quantitative estimate of drug-likeness (QED) is 0.848. The van der Waals surface area contributed by atoms with Crippen molar-refractivity contribution in [3.05, 3.63) is 35.4 Å². The molecule has 21 heavy (non-hydrogen) atoms. The molecule has 0 bridgehead atoms. The lowest BCUT2D eigenvalue weighted by Gasteiger charge is -2.28. The molecular formula is C15H21F3N2O. The van der Waals surface area contributed by atoms with Crippen LogP contribution in [0, 0.1) is 5.41 Å². The highest BCUT2D eigenvalue weighted by atomic mass is 19.4. The Balaban J connectivity index is 2.69. The fourth-order valence-electron chi connectivity index (χ4n) is 2.13. The molecular weight excluding hydrogens is 281 g/mol. The van der Waals surface area contributed by atoms with E-state index in [0.717, 1.165) is 12.1 Å². The molecule has 0 aliphatic heterocycles. The maximum atomic E-state index is 12.4. The summed E-state index contributed by atoms with van der Waals surface area (Å²) in [5.74, 6) is -0.158. The number of carbonyl (C=O) groups is 1. The summed E-state index contributed by atoms with van der Waals surface area (Å²) in [6.07, 6.45) is -3.10. The molecule has 0 unspecified atom stereocenters. The van der Waals surface area contributed by atoms with E-state index in [4.69, 9.17) is 5.73 Å². The number of amides is 1. The van der Waals surface area contributed by atoms with Crippen LogP contribution in [0.15, 0.2) is 24.3 Å². The van der Waals surface area contributed by atoms with Crippen LogP contribution in [0.4, 0.5) is 13.2 Å². The second-order valence-corrected chi connectivity index (χ2v) is 5.07. The lowest BCUT2D eigenvalue weighted by atomic mass is 9.81. The third-order valence-electron chi connectivity index (χ3n) is 3.96. The molecule has 0 aliphatic carbocycles. The molecule has 0 aromatic heterocycles. The van der Waals surface area contributed by atoms with Crippen LogP contribution in [0.25, 0.3) is 0 Å². The van der Waals surface area contributed by atoms with Gasteiger partial charge in [0, 0.05) is 13.1 Å². The summed E-state index contributed by atoms with van der Waals surface area (Å²) in [6.45, 7) is 4.24. The highest BCUT2D eigenvalue weighted by Gasteiger charge is 2.33. The molecule has 3 nitrogen and oxygen atoms in total. The average molecular weight is 302 g/mol. The zero-order valence-electron chi connectivity index (χ0n) is 12.3. The summed E-state index contributed by atoms with van der Waals surface area (Å²) >= 11 is 0.